The molecule has 0 unspecified atom stereocenters. The summed E-state index contributed by atoms with van der Waals surface area (Å²) in [6.07, 6.45) is 0.784. The van der Waals surface area contributed by atoms with Gasteiger partial charge in [0.25, 0.3) is 0 Å². The summed E-state index contributed by atoms with van der Waals surface area (Å²) in [6.45, 7) is 9.26. The van der Waals surface area contributed by atoms with Crippen LogP contribution >= 0.6 is 0 Å². The van der Waals surface area contributed by atoms with Gasteiger partial charge in [0, 0.05) is 19.1 Å². The molecular weight excluding hydrogens is 344 g/mol. The van der Waals surface area contributed by atoms with E-state index >= 15 is 0 Å². The van der Waals surface area contributed by atoms with Gasteiger partial charge in [0.1, 0.15) is 0 Å². The van der Waals surface area contributed by atoms with Gasteiger partial charge in [-0.15, -0.1) is 0 Å². The van der Waals surface area contributed by atoms with Gasteiger partial charge in [-0.3, -0.25) is 4.68 Å². The number of benzene rings is 1. The lowest BCUT2D eigenvalue weighted by Gasteiger charge is -2.29. The first-order valence-electron chi connectivity index (χ1n) is 9.21. The lowest BCUT2D eigenvalue weighted by atomic mass is 9.99. The number of amides is 2. The maximum atomic E-state index is 12.9. The number of urea groups is 1. The first-order valence-corrected chi connectivity index (χ1v) is 9.21. The van der Waals surface area contributed by atoms with Gasteiger partial charge in [-0.1, -0.05) is 0 Å². The fourth-order valence-electron chi connectivity index (χ4n) is 3.59. The number of hydrogen-bond acceptors (Lipinski definition) is 4. The lowest BCUT2D eigenvalue weighted by Crippen LogP contribution is -2.39. The van der Waals surface area contributed by atoms with Crippen LogP contribution in [0.4, 0.5) is 10.5 Å². The van der Waals surface area contributed by atoms with Gasteiger partial charge in [-0.25, -0.2) is 4.79 Å². The van der Waals surface area contributed by atoms with Crippen LogP contribution in [-0.4, -0.2) is 41.5 Å². The topological polar surface area (TPSA) is 68.6 Å². The molecule has 1 aliphatic rings. The molecule has 7 heteroatoms. The molecule has 0 aliphatic carbocycles. The number of rotatable bonds is 4. The van der Waals surface area contributed by atoms with E-state index in [4.69, 9.17) is 9.47 Å². The first kappa shape index (κ1) is 19.1. The van der Waals surface area contributed by atoms with Crippen molar-refractivity contribution in [1.29, 1.82) is 0 Å². The van der Waals surface area contributed by atoms with E-state index in [1.807, 2.05) is 35.6 Å². The van der Waals surface area contributed by atoms with Crippen molar-refractivity contribution in [2.24, 2.45) is 0 Å². The standard InChI is InChI=1S/C20H28N4O3/c1-12(2)24-14(4)19(13(3)22-24)21-20(25)23-8-7-15-9-17(26-5)18(27-6)10-16(15)11-23/h9-10,12H,7-8,11H2,1-6H3,(H,21,25). The first-order chi connectivity index (χ1) is 12.8. The molecule has 1 N–H and O–H groups in total. The van der Waals surface area contributed by atoms with Gasteiger partial charge in [0.05, 0.1) is 31.3 Å². The Hall–Kier alpha value is -2.70. The van der Waals surface area contributed by atoms with Crippen molar-refractivity contribution in [2.75, 3.05) is 26.1 Å². The second-order valence-corrected chi connectivity index (χ2v) is 7.16. The highest BCUT2D eigenvalue weighted by atomic mass is 16.5. The van der Waals surface area contributed by atoms with Crippen LogP contribution in [0.1, 0.15) is 42.4 Å². The van der Waals surface area contributed by atoms with E-state index in [0.717, 1.165) is 34.8 Å². The summed E-state index contributed by atoms with van der Waals surface area (Å²) in [6, 6.07) is 4.11. The minimum Gasteiger partial charge on any atom is -0.493 e. The fraction of sp³-hybridized carbons (Fsp3) is 0.500. The number of aryl methyl sites for hydroxylation is 1. The van der Waals surface area contributed by atoms with Gasteiger partial charge < -0.3 is 19.7 Å². The zero-order valence-corrected chi connectivity index (χ0v) is 16.9. The quantitative estimate of drug-likeness (QED) is 0.889. The summed E-state index contributed by atoms with van der Waals surface area (Å²) in [4.78, 5) is 14.7. The van der Waals surface area contributed by atoms with E-state index < -0.39 is 0 Å². The van der Waals surface area contributed by atoms with Crippen LogP contribution in [-0.2, 0) is 13.0 Å². The predicted octanol–water partition coefficient (Wildman–Crippen LogP) is 3.69. The average Bonchev–Trinajstić information content (AvgIpc) is 2.94. The van der Waals surface area contributed by atoms with Crippen LogP contribution in [0.3, 0.4) is 0 Å². The molecular formula is C20H28N4O3. The molecule has 27 heavy (non-hydrogen) atoms. The van der Waals surface area contributed by atoms with Crippen molar-refractivity contribution in [3.05, 3.63) is 34.6 Å². The second kappa shape index (κ2) is 7.50. The highest BCUT2D eigenvalue weighted by Gasteiger charge is 2.24. The number of ether oxygens (including phenoxy) is 2. The molecule has 0 radical (unpaired) electrons. The molecule has 7 nitrogen and oxygen atoms in total. The van der Waals surface area contributed by atoms with Crippen LogP contribution in [0.15, 0.2) is 12.1 Å². The normalized spacial score (nSPS) is 13.5. The molecule has 0 spiro atoms. The Bertz CT molecular complexity index is 857. The summed E-state index contributed by atoms with van der Waals surface area (Å²) in [5.41, 5.74) is 4.88. The van der Waals surface area contributed by atoms with Crippen LogP contribution in [0, 0.1) is 13.8 Å². The number of carbonyl (C=O) groups excluding carboxylic acids is 1. The monoisotopic (exact) mass is 372 g/mol. The van der Waals surface area contributed by atoms with Gasteiger partial charge in [0.2, 0.25) is 0 Å². The Balaban J connectivity index is 1.79. The summed E-state index contributed by atoms with van der Waals surface area (Å²) >= 11 is 0. The molecule has 0 fully saturated rings. The largest absolute Gasteiger partial charge is 0.493 e. The molecule has 2 amide bonds. The molecule has 0 bridgehead atoms. The van der Waals surface area contributed by atoms with Crippen LogP contribution < -0.4 is 14.8 Å². The third kappa shape index (κ3) is 3.59. The SMILES string of the molecule is COc1cc2c(cc1OC)CN(C(=O)Nc1c(C)nn(C(C)C)c1C)CC2. The molecule has 0 atom stereocenters. The minimum absolute atomic E-state index is 0.107. The molecule has 0 saturated carbocycles. The van der Waals surface area contributed by atoms with Gasteiger partial charge >= 0.3 is 6.03 Å². The van der Waals surface area contributed by atoms with Crippen molar-refractivity contribution in [1.82, 2.24) is 14.7 Å². The van der Waals surface area contributed by atoms with Gasteiger partial charge in [0.15, 0.2) is 11.5 Å². The highest BCUT2D eigenvalue weighted by molar-refractivity contribution is 5.90. The van der Waals surface area contributed by atoms with Crippen molar-refractivity contribution < 1.29 is 14.3 Å². The minimum atomic E-state index is -0.107. The Morgan fingerprint density at radius 2 is 1.78 bits per heavy atom. The molecule has 2 aromatic rings. The van der Waals surface area contributed by atoms with E-state index in [1.165, 1.54) is 5.56 Å². The number of nitrogens with one attached hydrogen (secondary N) is 1. The van der Waals surface area contributed by atoms with E-state index in [-0.39, 0.29) is 12.1 Å². The summed E-state index contributed by atoms with van der Waals surface area (Å²) < 4.78 is 12.7. The zero-order valence-electron chi connectivity index (χ0n) is 16.9. The maximum absolute atomic E-state index is 12.9. The second-order valence-electron chi connectivity index (χ2n) is 7.16. The molecule has 146 valence electrons. The Morgan fingerprint density at radius 1 is 1.15 bits per heavy atom. The van der Waals surface area contributed by atoms with Gasteiger partial charge in [-0.2, -0.15) is 5.10 Å². The predicted molar refractivity (Wildman–Crippen MR) is 105 cm³/mol. The third-order valence-electron chi connectivity index (χ3n) is 5.05. The lowest BCUT2D eigenvalue weighted by molar-refractivity contribution is 0.206. The molecule has 1 aliphatic heterocycles. The summed E-state index contributed by atoms with van der Waals surface area (Å²) in [7, 11) is 3.25. The summed E-state index contributed by atoms with van der Waals surface area (Å²) in [5.74, 6) is 1.41. The number of nitrogens with zero attached hydrogens (tertiary/aromatic N) is 3. The fourth-order valence-corrected chi connectivity index (χ4v) is 3.59. The Labute approximate surface area is 160 Å². The maximum Gasteiger partial charge on any atom is 0.322 e. The molecule has 3 rings (SSSR count). The van der Waals surface area contributed by atoms with Gasteiger partial charge in [-0.05, 0) is 57.4 Å². The number of hydrogen-bond donors (Lipinski definition) is 1. The number of methoxy groups -OCH3 is 2. The number of aromatic nitrogens is 2. The van der Waals surface area contributed by atoms with Crippen molar-refractivity contribution >= 4 is 11.7 Å². The molecule has 0 saturated heterocycles. The Kier molecular flexibility index (Phi) is 5.30. The van der Waals surface area contributed by atoms with Crippen LogP contribution in [0.2, 0.25) is 0 Å². The van der Waals surface area contributed by atoms with Crippen molar-refractivity contribution in [2.45, 2.75) is 46.7 Å². The summed E-state index contributed by atoms with van der Waals surface area (Å²) in [5, 5.41) is 7.59. The van der Waals surface area contributed by atoms with E-state index in [1.54, 1.807) is 14.2 Å². The molecule has 1 aromatic carbocycles. The zero-order chi connectivity index (χ0) is 19.7. The average molecular weight is 372 g/mol. The smallest absolute Gasteiger partial charge is 0.322 e. The third-order valence-corrected chi connectivity index (χ3v) is 5.05. The Morgan fingerprint density at radius 3 is 2.33 bits per heavy atom. The van der Waals surface area contributed by atoms with Crippen LogP contribution in [0.25, 0.3) is 0 Å². The van der Waals surface area contributed by atoms with Crippen molar-refractivity contribution in [3.63, 3.8) is 0 Å². The van der Waals surface area contributed by atoms with Crippen LogP contribution in [0.5, 0.6) is 11.5 Å². The number of carbonyl (C=O) groups is 1. The van der Waals surface area contributed by atoms with E-state index in [9.17, 15) is 4.79 Å². The molecule has 1 aromatic heterocycles. The van der Waals surface area contributed by atoms with E-state index in [0.29, 0.717) is 18.8 Å². The highest BCUT2D eigenvalue weighted by Crippen LogP contribution is 2.33. The number of fused-ring (bicyclic) bond motifs is 1. The number of anilines is 1. The van der Waals surface area contributed by atoms with Crippen molar-refractivity contribution in [3.8, 4) is 11.5 Å². The molecule has 2 heterocycles. The van der Waals surface area contributed by atoms with E-state index in [2.05, 4.69) is 24.3 Å².